The van der Waals surface area contributed by atoms with Gasteiger partial charge in [0.05, 0.1) is 5.41 Å². The molecule has 0 aromatic heterocycles. The van der Waals surface area contributed by atoms with Crippen molar-refractivity contribution in [3.8, 4) is 12.3 Å². The van der Waals surface area contributed by atoms with Gasteiger partial charge in [0.2, 0.25) is 0 Å². The van der Waals surface area contributed by atoms with Crippen molar-refractivity contribution < 1.29 is 4.39 Å². The highest BCUT2D eigenvalue weighted by Crippen LogP contribution is 2.50. The summed E-state index contributed by atoms with van der Waals surface area (Å²) in [5.74, 6) is 2.64. The van der Waals surface area contributed by atoms with E-state index in [0.717, 1.165) is 12.8 Å². The molecule has 1 saturated heterocycles. The van der Waals surface area contributed by atoms with Crippen molar-refractivity contribution in [3.05, 3.63) is 0 Å². The molecule has 60 valence electrons. The second kappa shape index (κ2) is 1.98. The Kier molecular flexibility index (Phi) is 1.28. The van der Waals surface area contributed by atoms with Crippen molar-refractivity contribution in [1.29, 1.82) is 0 Å². The lowest BCUT2D eigenvalue weighted by Gasteiger charge is -2.27. The minimum atomic E-state index is -1.10. The van der Waals surface area contributed by atoms with E-state index in [0.29, 0.717) is 19.5 Å². The number of hydrogen-bond acceptors (Lipinski definition) is 1. The maximum absolute atomic E-state index is 13.9. The first-order chi connectivity index (χ1) is 5.22. The van der Waals surface area contributed by atoms with Gasteiger partial charge in [-0.25, -0.2) is 4.39 Å². The van der Waals surface area contributed by atoms with Gasteiger partial charge in [0.25, 0.3) is 0 Å². The molecule has 1 nitrogen and oxygen atoms in total. The fourth-order valence-corrected chi connectivity index (χ4v) is 2.36. The first-order valence-electron chi connectivity index (χ1n) is 4.10. The molecule has 1 heterocycles. The molecular formula is C9H12FN. The zero-order valence-electron chi connectivity index (χ0n) is 6.49. The lowest BCUT2D eigenvalue weighted by atomic mass is 9.79. The summed E-state index contributed by atoms with van der Waals surface area (Å²) in [6.07, 6.45) is 7.81. The van der Waals surface area contributed by atoms with E-state index in [2.05, 4.69) is 11.2 Å². The fourth-order valence-electron chi connectivity index (χ4n) is 2.36. The molecule has 1 N–H and O–H groups in total. The minimum absolute atomic E-state index is 0.456. The number of hydrogen-bond donors (Lipinski definition) is 1. The van der Waals surface area contributed by atoms with Gasteiger partial charge in [0, 0.05) is 13.1 Å². The monoisotopic (exact) mass is 153 g/mol. The maximum Gasteiger partial charge on any atom is 0.141 e. The van der Waals surface area contributed by atoms with Crippen LogP contribution in [0.2, 0.25) is 0 Å². The molecule has 2 aliphatic rings. The summed E-state index contributed by atoms with van der Waals surface area (Å²) in [6.45, 7) is 1.12. The third-order valence-corrected chi connectivity index (χ3v) is 3.14. The van der Waals surface area contributed by atoms with Crippen LogP contribution in [0, 0.1) is 17.8 Å². The molecule has 1 aliphatic carbocycles. The van der Waals surface area contributed by atoms with Crippen LogP contribution < -0.4 is 5.32 Å². The molecule has 2 rings (SSSR count). The number of nitrogens with one attached hydrogen (secondary N) is 1. The summed E-state index contributed by atoms with van der Waals surface area (Å²) in [4.78, 5) is 0. The Morgan fingerprint density at radius 2 is 2.18 bits per heavy atom. The molecule has 1 saturated carbocycles. The summed E-state index contributed by atoms with van der Waals surface area (Å²) in [5, 5.41) is 3.04. The Labute approximate surface area is 66.4 Å². The van der Waals surface area contributed by atoms with Gasteiger partial charge < -0.3 is 5.32 Å². The number of rotatable bonds is 0. The maximum atomic E-state index is 13.9. The highest BCUT2D eigenvalue weighted by atomic mass is 19.1. The van der Waals surface area contributed by atoms with Gasteiger partial charge in [-0.15, -0.1) is 6.42 Å². The molecular weight excluding hydrogens is 141 g/mol. The Bertz CT molecular complexity index is 206. The molecule has 0 spiro atoms. The van der Waals surface area contributed by atoms with Crippen LogP contribution >= 0.6 is 0 Å². The van der Waals surface area contributed by atoms with E-state index in [1.807, 2.05) is 0 Å². The van der Waals surface area contributed by atoms with Crippen LogP contribution in [0.25, 0.3) is 0 Å². The first-order valence-corrected chi connectivity index (χ1v) is 4.10. The van der Waals surface area contributed by atoms with Crippen LogP contribution in [0.4, 0.5) is 4.39 Å². The summed E-state index contributed by atoms with van der Waals surface area (Å²) in [6, 6.07) is 0. The lowest BCUT2D eigenvalue weighted by molar-refractivity contribution is 0.116. The van der Waals surface area contributed by atoms with Gasteiger partial charge in [-0.1, -0.05) is 5.92 Å². The van der Waals surface area contributed by atoms with Crippen LogP contribution in [0.3, 0.4) is 0 Å². The molecule has 1 aliphatic heterocycles. The topological polar surface area (TPSA) is 12.0 Å². The summed E-state index contributed by atoms with van der Waals surface area (Å²) in [5.41, 5.74) is -1.56. The van der Waals surface area contributed by atoms with Gasteiger partial charge in [0.15, 0.2) is 0 Å². The molecule has 0 aromatic rings. The van der Waals surface area contributed by atoms with E-state index in [4.69, 9.17) is 6.42 Å². The normalized spacial score (nSPS) is 48.7. The zero-order chi connectivity index (χ0) is 7.95. The molecule has 11 heavy (non-hydrogen) atoms. The SMILES string of the molecule is C#C[C@@]12CCC[C@]1(F)CNC2. The minimum Gasteiger partial charge on any atom is -0.312 e. The summed E-state index contributed by atoms with van der Waals surface area (Å²) >= 11 is 0. The standard InChI is InChI=1S/C9H12FN/c1-2-8-4-3-5-9(8,10)7-11-6-8/h1,11H,3-7H2/t8-,9-/m0/s1. The lowest BCUT2D eigenvalue weighted by Crippen LogP contribution is -2.37. The van der Waals surface area contributed by atoms with E-state index < -0.39 is 11.1 Å². The summed E-state index contributed by atoms with van der Waals surface area (Å²) in [7, 11) is 0. The fraction of sp³-hybridized carbons (Fsp3) is 0.778. The molecule has 0 bridgehead atoms. The highest BCUT2D eigenvalue weighted by Gasteiger charge is 2.58. The van der Waals surface area contributed by atoms with Crippen molar-refractivity contribution in [2.45, 2.75) is 24.9 Å². The van der Waals surface area contributed by atoms with Crippen LogP contribution in [-0.4, -0.2) is 18.8 Å². The zero-order valence-corrected chi connectivity index (χ0v) is 6.49. The van der Waals surface area contributed by atoms with Crippen molar-refractivity contribution in [3.63, 3.8) is 0 Å². The van der Waals surface area contributed by atoms with Crippen molar-refractivity contribution >= 4 is 0 Å². The van der Waals surface area contributed by atoms with Crippen LogP contribution in [0.5, 0.6) is 0 Å². The third-order valence-electron chi connectivity index (χ3n) is 3.14. The largest absolute Gasteiger partial charge is 0.312 e. The van der Waals surface area contributed by atoms with Gasteiger partial charge in [-0.05, 0) is 19.3 Å². The predicted octanol–water partition coefficient (Wildman–Crippen LogP) is 1.10. The van der Waals surface area contributed by atoms with Crippen molar-refractivity contribution in [1.82, 2.24) is 5.32 Å². The third kappa shape index (κ3) is 0.696. The Balaban J connectivity index is 2.38. The average molecular weight is 153 g/mol. The van der Waals surface area contributed by atoms with Gasteiger partial charge in [0.1, 0.15) is 5.67 Å². The quantitative estimate of drug-likeness (QED) is 0.514. The van der Waals surface area contributed by atoms with E-state index in [1.165, 1.54) is 0 Å². The number of alkyl halides is 1. The number of halogens is 1. The second-order valence-electron chi connectivity index (χ2n) is 3.65. The molecule has 0 amide bonds. The van der Waals surface area contributed by atoms with Crippen molar-refractivity contribution in [2.75, 3.05) is 13.1 Å². The van der Waals surface area contributed by atoms with Gasteiger partial charge >= 0.3 is 0 Å². The van der Waals surface area contributed by atoms with Crippen LogP contribution in [0.15, 0.2) is 0 Å². The molecule has 0 radical (unpaired) electrons. The predicted molar refractivity (Wildman–Crippen MR) is 41.8 cm³/mol. The smallest absolute Gasteiger partial charge is 0.141 e. The number of terminal acetylenes is 1. The van der Waals surface area contributed by atoms with E-state index in [9.17, 15) is 4.39 Å². The molecule has 0 unspecified atom stereocenters. The molecule has 2 heteroatoms. The molecule has 2 atom stereocenters. The van der Waals surface area contributed by atoms with Crippen LogP contribution in [0.1, 0.15) is 19.3 Å². The Hall–Kier alpha value is -0.550. The Morgan fingerprint density at radius 3 is 2.82 bits per heavy atom. The van der Waals surface area contributed by atoms with E-state index in [-0.39, 0.29) is 0 Å². The number of fused-ring (bicyclic) bond motifs is 1. The van der Waals surface area contributed by atoms with Gasteiger partial charge in [-0.2, -0.15) is 0 Å². The summed E-state index contributed by atoms with van der Waals surface area (Å²) < 4.78 is 13.9. The molecule has 2 fully saturated rings. The average Bonchev–Trinajstić information content (AvgIpc) is 2.41. The second-order valence-corrected chi connectivity index (χ2v) is 3.65. The first kappa shape index (κ1) is 7.12. The highest BCUT2D eigenvalue weighted by molar-refractivity contribution is 5.23. The van der Waals surface area contributed by atoms with Crippen molar-refractivity contribution in [2.24, 2.45) is 5.41 Å². The van der Waals surface area contributed by atoms with Crippen LogP contribution in [-0.2, 0) is 0 Å². The molecule has 0 aromatic carbocycles. The Morgan fingerprint density at radius 1 is 1.36 bits per heavy atom. The van der Waals surface area contributed by atoms with Gasteiger partial charge in [-0.3, -0.25) is 0 Å². The van der Waals surface area contributed by atoms with E-state index in [1.54, 1.807) is 0 Å². The van der Waals surface area contributed by atoms with E-state index >= 15 is 0 Å².